The van der Waals surface area contributed by atoms with Gasteiger partial charge in [-0.05, 0) is 42.0 Å². The lowest BCUT2D eigenvalue weighted by Gasteiger charge is -2.22. The van der Waals surface area contributed by atoms with Crippen LogP contribution < -0.4 is 16.4 Å². The smallest absolute Gasteiger partial charge is 0.271 e. The van der Waals surface area contributed by atoms with Crippen LogP contribution in [0.1, 0.15) is 0 Å². The highest BCUT2D eigenvalue weighted by Crippen LogP contribution is 2.27. The monoisotopic (exact) mass is 353 g/mol. The van der Waals surface area contributed by atoms with Gasteiger partial charge in [0.15, 0.2) is 0 Å². The summed E-state index contributed by atoms with van der Waals surface area (Å²) in [5.41, 5.74) is 9.96. The Hall–Kier alpha value is -3.35. The zero-order valence-electron chi connectivity index (χ0n) is 14.6. The van der Waals surface area contributed by atoms with Gasteiger partial charge in [0.2, 0.25) is 5.95 Å². The molecule has 0 atom stereocenters. The fourth-order valence-electron chi connectivity index (χ4n) is 2.53. The van der Waals surface area contributed by atoms with Crippen LogP contribution >= 0.6 is 0 Å². The van der Waals surface area contributed by atoms with Crippen LogP contribution in [0.5, 0.6) is 0 Å². The molecule has 0 aliphatic carbocycles. The fourth-order valence-corrected chi connectivity index (χ4v) is 2.53. The topological polar surface area (TPSA) is 83.3 Å². The minimum Gasteiger partial charge on any atom is -0.397 e. The number of nitrogens with zero attached hydrogens (tertiary/aromatic N) is 2. The van der Waals surface area contributed by atoms with Gasteiger partial charge in [0.05, 0.1) is 17.9 Å². The lowest BCUT2D eigenvalue weighted by molar-refractivity contribution is -0.113. The van der Waals surface area contributed by atoms with Gasteiger partial charge in [-0.3, -0.25) is 4.79 Å². The molecule has 1 aromatic carbocycles. The summed E-state index contributed by atoms with van der Waals surface area (Å²) in [4.78, 5) is 18.1. The molecule has 0 spiro atoms. The molecule has 1 aromatic heterocycles. The number of anilines is 2. The van der Waals surface area contributed by atoms with E-state index in [1.165, 1.54) is 12.3 Å². The van der Waals surface area contributed by atoms with Crippen molar-refractivity contribution in [2.75, 3.05) is 31.7 Å². The first kappa shape index (κ1) is 17.5. The molecule has 2 heterocycles. The molecule has 1 aliphatic heterocycles. The van der Waals surface area contributed by atoms with E-state index in [0.29, 0.717) is 23.6 Å². The molecule has 0 saturated heterocycles. The minimum absolute atomic E-state index is 0.278. The minimum atomic E-state index is -0.543. The van der Waals surface area contributed by atoms with Gasteiger partial charge in [0.1, 0.15) is 5.70 Å². The number of allylic oxidation sites excluding steroid dienone is 2. The molecule has 4 N–H and O–H groups in total. The SMILES string of the molecule is CN(C)C1=CC=C(C(=O)Nc2cc(-c3ccc(F)nc3)ccc2N)NC1. The summed E-state index contributed by atoms with van der Waals surface area (Å²) in [5, 5.41) is 5.90. The molecule has 2 aromatic rings. The molecular formula is C19H20FN5O. The van der Waals surface area contributed by atoms with Crippen LogP contribution in [0.2, 0.25) is 0 Å². The number of carbonyl (C=O) groups excluding carboxylic acids is 1. The molecular weight excluding hydrogens is 333 g/mol. The van der Waals surface area contributed by atoms with Crippen molar-refractivity contribution < 1.29 is 9.18 Å². The van der Waals surface area contributed by atoms with Crippen LogP contribution in [0.25, 0.3) is 11.1 Å². The number of hydrogen-bond donors (Lipinski definition) is 3. The number of halogens is 1. The molecule has 1 aliphatic rings. The Bertz CT molecular complexity index is 887. The maximum absolute atomic E-state index is 13.0. The number of benzene rings is 1. The average molecular weight is 353 g/mol. The molecule has 0 radical (unpaired) electrons. The second-order valence-electron chi connectivity index (χ2n) is 6.11. The number of nitrogen functional groups attached to an aromatic ring is 1. The largest absolute Gasteiger partial charge is 0.397 e. The third kappa shape index (κ3) is 3.83. The molecule has 26 heavy (non-hydrogen) atoms. The van der Waals surface area contributed by atoms with Gasteiger partial charge in [-0.15, -0.1) is 0 Å². The van der Waals surface area contributed by atoms with Gasteiger partial charge >= 0.3 is 0 Å². The molecule has 3 rings (SSSR count). The first-order chi connectivity index (χ1) is 12.4. The molecule has 0 unspecified atom stereocenters. The Morgan fingerprint density at radius 2 is 2.00 bits per heavy atom. The maximum atomic E-state index is 13.0. The van der Waals surface area contributed by atoms with Crippen LogP contribution in [-0.4, -0.2) is 36.4 Å². The number of dihydropyridines is 1. The summed E-state index contributed by atoms with van der Waals surface area (Å²) in [5.74, 6) is -0.821. The van der Waals surface area contributed by atoms with Gasteiger partial charge in [-0.25, -0.2) is 4.98 Å². The Kier molecular flexibility index (Phi) is 4.88. The van der Waals surface area contributed by atoms with Gasteiger partial charge in [-0.1, -0.05) is 6.07 Å². The van der Waals surface area contributed by atoms with Crippen molar-refractivity contribution >= 4 is 17.3 Å². The summed E-state index contributed by atoms with van der Waals surface area (Å²) in [7, 11) is 3.89. The predicted molar refractivity (Wildman–Crippen MR) is 101 cm³/mol. The van der Waals surface area contributed by atoms with Crippen molar-refractivity contribution in [1.29, 1.82) is 0 Å². The molecule has 0 bridgehead atoms. The van der Waals surface area contributed by atoms with Gasteiger partial charge < -0.3 is 21.3 Å². The second kappa shape index (κ2) is 7.26. The van der Waals surface area contributed by atoms with E-state index in [0.717, 1.165) is 16.8 Å². The number of amides is 1. The molecule has 1 amide bonds. The van der Waals surface area contributed by atoms with Crippen LogP contribution in [0.15, 0.2) is 60.1 Å². The summed E-state index contributed by atoms with van der Waals surface area (Å²) in [6.45, 7) is 0.572. The highest BCUT2D eigenvalue weighted by atomic mass is 19.1. The van der Waals surface area contributed by atoms with Gasteiger partial charge in [0, 0.05) is 31.6 Å². The van der Waals surface area contributed by atoms with Crippen molar-refractivity contribution in [1.82, 2.24) is 15.2 Å². The highest BCUT2D eigenvalue weighted by Gasteiger charge is 2.15. The summed E-state index contributed by atoms with van der Waals surface area (Å²) >= 11 is 0. The Morgan fingerprint density at radius 1 is 1.23 bits per heavy atom. The van der Waals surface area contributed by atoms with Crippen molar-refractivity contribution in [2.24, 2.45) is 0 Å². The summed E-state index contributed by atoms with van der Waals surface area (Å²) in [6.07, 6.45) is 5.07. The lowest BCUT2D eigenvalue weighted by atomic mass is 10.1. The first-order valence-electron chi connectivity index (χ1n) is 8.09. The lowest BCUT2D eigenvalue weighted by Crippen LogP contribution is -2.32. The van der Waals surface area contributed by atoms with Crippen LogP contribution in [0.4, 0.5) is 15.8 Å². The van der Waals surface area contributed by atoms with Crippen molar-refractivity contribution in [3.8, 4) is 11.1 Å². The number of nitrogens with two attached hydrogens (primary N) is 1. The van der Waals surface area contributed by atoms with Crippen LogP contribution in [0.3, 0.4) is 0 Å². The van der Waals surface area contributed by atoms with Crippen LogP contribution in [0, 0.1) is 5.95 Å². The first-order valence-corrected chi connectivity index (χ1v) is 8.09. The quantitative estimate of drug-likeness (QED) is 0.580. The number of aromatic nitrogens is 1. The molecule has 0 saturated carbocycles. The normalized spacial score (nSPS) is 13.3. The number of carbonyl (C=O) groups is 1. The third-order valence-corrected chi connectivity index (χ3v) is 4.08. The van der Waals surface area contributed by atoms with E-state index in [1.807, 2.05) is 25.1 Å². The van der Waals surface area contributed by atoms with E-state index in [-0.39, 0.29) is 5.91 Å². The van der Waals surface area contributed by atoms with Gasteiger partial charge in [-0.2, -0.15) is 4.39 Å². The summed E-state index contributed by atoms with van der Waals surface area (Å²) in [6, 6.07) is 8.14. The third-order valence-electron chi connectivity index (χ3n) is 4.08. The number of likely N-dealkylation sites (N-methyl/N-ethyl adjacent to an activating group) is 1. The van der Waals surface area contributed by atoms with Crippen molar-refractivity contribution in [3.05, 3.63) is 66.0 Å². The highest BCUT2D eigenvalue weighted by molar-refractivity contribution is 6.05. The van der Waals surface area contributed by atoms with E-state index >= 15 is 0 Å². The molecule has 7 heteroatoms. The van der Waals surface area contributed by atoms with E-state index < -0.39 is 5.95 Å². The number of nitrogens with one attached hydrogen (secondary N) is 2. The zero-order chi connectivity index (χ0) is 18.7. The molecule has 0 fully saturated rings. The number of pyridine rings is 1. The predicted octanol–water partition coefficient (Wildman–Crippen LogP) is 2.34. The van der Waals surface area contributed by atoms with Crippen LogP contribution in [-0.2, 0) is 4.79 Å². The van der Waals surface area contributed by atoms with E-state index in [9.17, 15) is 9.18 Å². The fraction of sp³-hybridized carbons (Fsp3) is 0.158. The molecule has 6 nitrogen and oxygen atoms in total. The standard InChI is InChI=1S/C19H20FN5O/c1-25(2)14-5-7-16(22-11-14)19(26)24-17-9-12(3-6-15(17)21)13-4-8-18(20)23-10-13/h3-10,22H,11,21H2,1-2H3,(H,24,26). The zero-order valence-corrected chi connectivity index (χ0v) is 14.6. The average Bonchev–Trinajstić information content (AvgIpc) is 2.64. The van der Waals surface area contributed by atoms with E-state index in [1.54, 1.807) is 30.3 Å². The Morgan fingerprint density at radius 3 is 2.62 bits per heavy atom. The summed E-state index contributed by atoms with van der Waals surface area (Å²) < 4.78 is 13.0. The van der Waals surface area contributed by atoms with Gasteiger partial charge in [0.25, 0.3) is 5.91 Å². The van der Waals surface area contributed by atoms with E-state index in [2.05, 4.69) is 15.6 Å². The van der Waals surface area contributed by atoms with Crippen molar-refractivity contribution in [2.45, 2.75) is 0 Å². The van der Waals surface area contributed by atoms with E-state index in [4.69, 9.17) is 5.73 Å². The Balaban J connectivity index is 1.80. The second-order valence-corrected chi connectivity index (χ2v) is 6.11. The maximum Gasteiger partial charge on any atom is 0.271 e. The number of rotatable bonds is 4. The number of hydrogen-bond acceptors (Lipinski definition) is 5. The molecule has 134 valence electrons. The van der Waals surface area contributed by atoms with Crippen molar-refractivity contribution in [3.63, 3.8) is 0 Å². The Labute approximate surface area is 151 Å².